The number of terminal acetylenes is 1. The maximum Gasteiger partial charge on any atom is 0.0463 e. The number of hydrogen-bond donors (Lipinski definition) is 1. The maximum atomic E-state index is 5.28. The molecule has 2 aromatic rings. The van der Waals surface area contributed by atoms with E-state index in [1.807, 2.05) is 22.7 Å². The predicted molar refractivity (Wildman–Crippen MR) is 81.2 cm³/mol. The lowest BCUT2D eigenvalue weighted by Gasteiger charge is -2.16. The molecule has 2 aromatic heterocycles. The van der Waals surface area contributed by atoms with Crippen LogP contribution < -0.4 is 5.32 Å². The molecule has 1 atom stereocenters. The number of unbranched alkanes of at least 4 members (excludes halogenated alkanes) is 1. The molecule has 2 heterocycles. The van der Waals surface area contributed by atoms with Gasteiger partial charge in [0.05, 0.1) is 0 Å². The van der Waals surface area contributed by atoms with E-state index in [1.54, 1.807) is 0 Å². The molecule has 0 bridgehead atoms. The van der Waals surface area contributed by atoms with Gasteiger partial charge in [-0.3, -0.25) is 0 Å². The molecule has 0 aromatic carbocycles. The fraction of sp³-hybridized carbons (Fsp3) is 0.333. The van der Waals surface area contributed by atoms with Crippen LogP contribution in [0.1, 0.15) is 28.6 Å². The van der Waals surface area contributed by atoms with E-state index in [0.717, 1.165) is 25.8 Å². The lowest BCUT2D eigenvalue weighted by atomic mass is 10.1. The summed E-state index contributed by atoms with van der Waals surface area (Å²) in [6.45, 7) is 0.984. The number of nitrogens with one attached hydrogen (secondary N) is 1. The molecule has 0 aliphatic rings. The molecule has 1 nitrogen and oxygen atoms in total. The van der Waals surface area contributed by atoms with Crippen molar-refractivity contribution in [2.75, 3.05) is 6.54 Å². The van der Waals surface area contributed by atoms with Crippen LogP contribution >= 0.6 is 22.7 Å². The van der Waals surface area contributed by atoms with E-state index in [9.17, 15) is 0 Å². The predicted octanol–water partition coefficient (Wildman–Crippen LogP) is 4.10. The molecule has 0 amide bonds. The highest BCUT2D eigenvalue weighted by molar-refractivity contribution is 7.10. The summed E-state index contributed by atoms with van der Waals surface area (Å²) < 4.78 is 0. The lowest BCUT2D eigenvalue weighted by Crippen LogP contribution is -2.23. The van der Waals surface area contributed by atoms with E-state index in [4.69, 9.17) is 6.42 Å². The maximum absolute atomic E-state index is 5.28. The first-order valence-corrected chi connectivity index (χ1v) is 7.88. The topological polar surface area (TPSA) is 12.0 Å². The minimum Gasteiger partial charge on any atom is -0.309 e. The first kappa shape index (κ1) is 13.4. The third kappa shape index (κ3) is 3.99. The van der Waals surface area contributed by atoms with Gasteiger partial charge in [0.25, 0.3) is 0 Å². The van der Waals surface area contributed by atoms with Gasteiger partial charge < -0.3 is 5.32 Å². The van der Waals surface area contributed by atoms with Crippen molar-refractivity contribution in [3.63, 3.8) is 0 Å². The smallest absolute Gasteiger partial charge is 0.0463 e. The summed E-state index contributed by atoms with van der Waals surface area (Å²) in [6.07, 6.45) is 8.23. The SMILES string of the molecule is C#CCCCNC(Cc1cccs1)c1cccs1. The average Bonchev–Trinajstić information content (AvgIpc) is 3.05. The van der Waals surface area contributed by atoms with Gasteiger partial charge >= 0.3 is 0 Å². The fourth-order valence-corrected chi connectivity index (χ4v) is 3.41. The van der Waals surface area contributed by atoms with Gasteiger partial charge in [-0.1, -0.05) is 12.1 Å². The number of hydrogen-bond acceptors (Lipinski definition) is 3. The molecule has 94 valence electrons. The number of rotatable bonds is 7. The van der Waals surface area contributed by atoms with Gasteiger partial charge in [-0.25, -0.2) is 0 Å². The van der Waals surface area contributed by atoms with Gasteiger partial charge in [0, 0.05) is 28.6 Å². The Kier molecular flexibility index (Phi) is 5.47. The minimum absolute atomic E-state index is 0.418. The Morgan fingerprint density at radius 2 is 2.06 bits per heavy atom. The second-order valence-electron chi connectivity index (χ2n) is 4.11. The van der Waals surface area contributed by atoms with E-state index in [2.05, 4.69) is 46.3 Å². The van der Waals surface area contributed by atoms with Crippen molar-refractivity contribution < 1.29 is 0 Å². The Morgan fingerprint density at radius 3 is 2.72 bits per heavy atom. The Hall–Kier alpha value is -1.08. The van der Waals surface area contributed by atoms with Gasteiger partial charge in [0.15, 0.2) is 0 Å². The van der Waals surface area contributed by atoms with Crippen LogP contribution in [-0.2, 0) is 6.42 Å². The summed E-state index contributed by atoms with van der Waals surface area (Å²) in [4.78, 5) is 2.84. The highest BCUT2D eigenvalue weighted by atomic mass is 32.1. The van der Waals surface area contributed by atoms with E-state index >= 15 is 0 Å². The van der Waals surface area contributed by atoms with Crippen molar-refractivity contribution in [2.45, 2.75) is 25.3 Å². The Morgan fingerprint density at radius 1 is 1.22 bits per heavy atom. The van der Waals surface area contributed by atoms with Crippen LogP contribution in [0.2, 0.25) is 0 Å². The summed E-state index contributed by atoms with van der Waals surface area (Å²) in [7, 11) is 0. The molecule has 3 heteroatoms. The van der Waals surface area contributed by atoms with Crippen LogP contribution in [0.15, 0.2) is 35.0 Å². The number of thiophene rings is 2. The summed E-state index contributed by atoms with van der Waals surface area (Å²) in [5.74, 6) is 2.69. The second-order valence-corrected chi connectivity index (χ2v) is 6.12. The third-order valence-electron chi connectivity index (χ3n) is 2.76. The zero-order valence-electron chi connectivity index (χ0n) is 10.3. The molecule has 0 aliphatic heterocycles. The molecule has 18 heavy (non-hydrogen) atoms. The van der Waals surface area contributed by atoms with Gasteiger partial charge in [-0.2, -0.15) is 0 Å². The Bertz CT molecular complexity index is 465. The van der Waals surface area contributed by atoms with Gasteiger partial charge in [-0.15, -0.1) is 35.0 Å². The van der Waals surface area contributed by atoms with Crippen LogP contribution in [0.25, 0.3) is 0 Å². The summed E-state index contributed by atoms with van der Waals surface area (Å²) >= 11 is 3.64. The Balaban J connectivity index is 1.93. The van der Waals surface area contributed by atoms with Crippen molar-refractivity contribution in [3.8, 4) is 12.3 Å². The molecule has 0 saturated heterocycles. The van der Waals surface area contributed by atoms with Crippen molar-refractivity contribution in [3.05, 3.63) is 44.8 Å². The first-order chi connectivity index (χ1) is 8.90. The minimum atomic E-state index is 0.418. The van der Waals surface area contributed by atoms with E-state index < -0.39 is 0 Å². The normalized spacial score (nSPS) is 12.2. The molecule has 0 saturated carbocycles. The third-order valence-corrected chi connectivity index (χ3v) is 4.65. The lowest BCUT2D eigenvalue weighted by molar-refractivity contribution is 0.533. The molecule has 1 N–H and O–H groups in total. The molecule has 0 spiro atoms. The molecule has 1 unspecified atom stereocenters. The van der Waals surface area contributed by atoms with E-state index in [-0.39, 0.29) is 0 Å². The molecular formula is C15H17NS2. The summed E-state index contributed by atoms with van der Waals surface area (Å²) in [5.41, 5.74) is 0. The van der Waals surface area contributed by atoms with Crippen molar-refractivity contribution in [2.24, 2.45) is 0 Å². The highest BCUT2D eigenvalue weighted by Gasteiger charge is 2.12. The monoisotopic (exact) mass is 275 g/mol. The zero-order chi connectivity index (χ0) is 12.6. The average molecular weight is 275 g/mol. The molecule has 0 fully saturated rings. The van der Waals surface area contributed by atoms with Crippen LogP contribution in [0.5, 0.6) is 0 Å². The van der Waals surface area contributed by atoms with Crippen molar-refractivity contribution >= 4 is 22.7 Å². The van der Waals surface area contributed by atoms with Gasteiger partial charge in [0.2, 0.25) is 0 Å². The van der Waals surface area contributed by atoms with Crippen LogP contribution in [0, 0.1) is 12.3 Å². The quantitative estimate of drug-likeness (QED) is 0.592. The van der Waals surface area contributed by atoms with Crippen LogP contribution in [0.4, 0.5) is 0 Å². The van der Waals surface area contributed by atoms with Gasteiger partial charge in [0.1, 0.15) is 0 Å². The molecule has 0 radical (unpaired) electrons. The Labute approximate surface area is 117 Å². The molecule has 0 aliphatic carbocycles. The first-order valence-electron chi connectivity index (χ1n) is 6.13. The standard InChI is InChI=1S/C15H17NS2/c1-2-3-4-9-16-14(15-8-6-11-18-15)12-13-7-5-10-17-13/h1,5-8,10-11,14,16H,3-4,9,12H2. The molecule has 2 rings (SSSR count). The van der Waals surface area contributed by atoms with E-state index in [0.29, 0.717) is 6.04 Å². The largest absolute Gasteiger partial charge is 0.309 e. The van der Waals surface area contributed by atoms with Gasteiger partial charge in [-0.05, 0) is 35.9 Å². The highest BCUT2D eigenvalue weighted by Crippen LogP contribution is 2.24. The van der Waals surface area contributed by atoms with Crippen LogP contribution in [-0.4, -0.2) is 6.54 Å². The van der Waals surface area contributed by atoms with Crippen molar-refractivity contribution in [1.82, 2.24) is 5.32 Å². The van der Waals surface area contributed by atoms with Crippen LogP contribution in [0.3, 0.4) is 0 Å². The van der Waals surface area contributed by atoms with Crippen molar-refractivity contribution in [1.29, 1.82) is 0 Å². The molecular weight excluding hydrogens is 258 g/mol. The second kappa shape index (κ2) is 7.38. The zero-order valence-corrected chi connectivity index (χ0v) is 11.9. The fourth-order valence-electron chi connectivity index (χ4n) is 1.86. The summed E-state index contributed by atoms with van der Waals surface area (Å²) in [5, 5.41) is 7.89. The van der Waals surface area contributed by atoms with E-state index in [1.165, 1.54) is 9.75 Å². The summed E-state index contributed by atoms with van der Waals surface area (Å²) in [6, 6.07) is 9.06.